The summed E-state index contributed by atoms with van der Waals surface area (Å²) >= 11 is 5.97. The van der Waals surface area contributed by atoms with Crippen molar-refractivity contribution in [1.82, 2.24) is 0 Å². The zero-order chi connectivity index (χ0) is 22.0. The van der Waals surface area contributed by atoms with Gasteiger partial charge >= 0.3 is 0 Å². The number of amides is 1. The summed E-state index contributed by atoms with van der Waals surface area (Å²) in [6.07, 6.45) is 0.602. The first kappa shape index (κ1) is 20.8. The lowest BCUT2D eigenvalue weighted by molar-refractivity contribution is -0.118. The van der Waals surface area contributed by atoms with Gasteiger partial charge in [0.25, 0.3) is 5.91 Å². The van der Waals surface area contributed by atoms with Crippen molar-refractivity contribution in [2.75, 3.05) is 4.90 Å². The normalized spacial score (nSPS) is 16.1. The quantitative estimate of drug-likeness (QED) is 0.549. The molecule has 6 heteroatoms. The van der Waals surface area contributed by atoms with Crippen LogP contribution in [0.2, 0.25) is 5.02 Å². The highest BCUT2D eigenvalue weighted by Crippen LogP contribution is 2.41. The molecule has 156 valence electrons. The molecule has 1 atom stereocenters. The predicted octanol–water partition coefficient (Wildman–Crippen LogP) is 5.58. The fourth-order valence-corrected chi connectivity index (χ4v) is 3.88. The van der Waals surface area contributed by atoms with E-state index in [2.05, 4.69) is 0 Å². The van der Waals surface area contributed by atoms with E-state index in [4.69, 9.17) is 11.6 Å². The number of nitrogens with zero attached hydrogens (tertiary/aromatic N) is 1. The van der Waals surface area contributed by atoms with E-state index < -0.39 is 23.5 Å². The second-order valence-electron chi connectivity index (χ2n) is 7.28. The number of benzene rings is 3. The summed E-state index contributed by atoms with van der Waals surface area (Å²) in [4.78, 5) is 27.5. The first-order valence-corrected chi connectivity index (χ1v) is 10.2. The van der Waals surface area contributed by atoms with Crippen LogP contribution in [0.1, 0.15) is 23.6 Å². The predicted molar refractivity (Wildman–Crippen MR) is 118 cm³/mol. The van der Waals surface area contributed by atoms with Gasteiger partial charge in [0.2, 0.25) is 0 Å². The summed E-state index contributed by atoms with van der Waals surface area (Å²) in [6.45, 7) is 0. The molecule has 3 aromatic carbocycles. The van der Waals surface area contributed by atoms with Crippen LogP contribution >= 0.6 is 11.6 Å². The number of carbonyl (C=O) groups excluding carboxylic acids is 2. The molecule has 0 aliphatic carbocycles. The van der Waals surface area contributed by atoms with Gasteiger partial charge in [-0.2, -0.15) is 0 Å². The number of carbonyl (C=O) groups is 2. The summed E-state index contributed by atoms with van der Waals surface area (Å²) in [7, 11) is 0. The van der Waals surface area contributed by atoms with E-state index in [-0.39, 0.29) is 17.8 Å². The molecule has 1 amide bonds. The Morgan fingerprint density at radius 2 is 1.61 bits per heavy atom. The van der Waals surface area contributed by atoms with Crippen LogP contribution in [0.15, 0.2) is 90.2 Å². The van der Waals surface area contributed by atoms with E-state index in [0.717, 1.165) is 5.56 Å². The van der Waals surface area contributed by atoms with Gasteiger partial charge in [-0.3, -0.25) is 14.5 Å². The Morgan fingerprint density at radius 3 is 2.26 bits per heavy atom. The summed E-state index contributed by atoms with van der Waals surface area (Å²) in [5.41, 5.74) is 1.99. The fraction of sp³-hybridized carbons (Fsp3) is 0.120. The Labute approximate surface area is 184 Å². The molecule has 0 aromatic heterocycles. The lowest BCUT2D eigenvalue weighted by Crippen LogP contribution is -2.31. The number of ketones is 1. The van der Waals surface area contributed by atoms with Crippen molar-refractivity contribution in [3.05, 3.63) is 112 Å². The number of aliphatic hydroxyl groups is 1. The van der Waals surface area contributed by atoms with Crippen LogP contribution in [-0.4, -0.2) is 16.8 Å². The second kappa shape index (κ2) is 8.74. The number of anilines is 1. The third kappa shape index (κ3) is 4.23. The smallest absolute Gasteiger partial charge is 0.294 e. The van der Waals surface area contributed by atoms with Crippen molar-refractivity contribution in [3.8, 4) is 0 Å². The van der Waals surface area contributed by atoms with Gasteiger partial charge in [0.1, 0.15) is 5.82 Å². The molecule has 1 aliphatic heterocycles. The maximum Gasteiger partial charge on any atom is 0.294 e. The maximum absolute atomic E-state index is 13.5. The van der Waals surface area contributed by atoms with Crippen LogP contribution in [-0.2, 0) is 16.0 Å². The Bertz CT molecular complexity index is 1140. The maximum atomic E-state index is 13.5. The largest absolute Gasteiger partial charge is 0.503 e. The highest BCUT2D eigenvalue weighted by atomic mass is 35.5. The summed E-state index contributed by atoms with van der Waals surface area (Å²) in [6, 6.07) is 20.7. The molecular weight excluding hydrogens is 417 g/mol. The zero-order valence-corrected chi connectivity index (χ0v) is 17.2. The molecular formula is C25H19ClFNO3. The second-order valence-corrected chi connectivity index (χ2v) is 7.71. The molecule has 0 radical (unpaired) electrons. The van der Waals surface area contributed by atoms with E-state index in [0.29, 0.717) is 22.7 Å². The molecule has 1 heterocycles. The molecule has 4 nitrogen and oxygen atoms in total. The summed E-state index contributed by atoms with van der Waals surface area (Å²) in [5.74, 6) is -2.03. The third-order valence-corrected chi connectivity index (χ3v) is 5.53. The Morgan fingerprint density at radius 1 is 0.968 bits per heavy atom. The minimum atomic E-state index is -0.863. The van der Waals surface area contributed by atoms with Crippen molar-refractivity contribution in [1.29, 1.82) is 0 Å². The van der Waals surface area contributed by atoms with Crippen LogP contribution in [0.4, 0.5) is 10.1 Å². The third-order valence-electron chi connectivity index (χ3n) is 5.28. The number of aliphatic hydroxyl groups excluding tert-OH is 1. The molecule has 31 heavy (non-hydrogen) atoms. The van der Waals surface area contributed by atoms with E-state index in [9.17, 15) is 19.1 Å². The van der Waals surface area contributed by atoms with E-state index in [1.165, 1.54) is 29.2 Å². The molecule has 0 saturated heterocycles. The highest BCUT2D eigenvalue weighted by molar-refractivity contribution is 6.30. The number of aryl methyl sites for hydroxylation is 1. The number of halogens is 2. The van der Waals surface area contributed by atoms with Gasteiger partial charge in [-0.15, -0.1) is 0 Å². The van der Waals surface area contributed by atoms with Gasteiger partial charge in [-0.1, -0.05) is 54.1 Å². The molecule has 1 N–H and O–H groups in total. The van der Waals surface area contributed by atoms with Crippen LogP contribution in [0.25, 0.3) is 0 Å². The number of hydrogen-bond donors (Lipinski definition) is 1. The van der Waals surface area contributed by atoms with Gasteiger partial charge < -0.3 is 5.11 Å². The first-order valence-electron chi connectivity index (χ1n) is 9.80. The van der Waals surface area contributed by atoms with Crippen molar-refractivity contribution >= 4 is 29.0 Å². The average Bonchev–Trinajstić information content (AvgIpc) is 3.05. The van der Waals surface area contributed by atoms with Crippen molar-refractivity contribution in [2.24, 2.45) is 0 Å². The topological polar surface area (TPSA) is 57.6 Å². The highest BCUT2D eigenvalue weighted by Gasteiger charge is 2.44. The summed E-state index contributed by atoms with van der Waals surface area (Å²) < 4.78 is 13.5. The Hall–Kier alpha value is -3.44. The molecule has 0 bridgehead atoms. The molecule has 1 aliphatic rings. The molecule has 4 rings (SSSR count). The van der Waals surface area contributed by atoms with Gasteiger partial charge in [-0.05, 0) is 53.9 Å². The Balaban J connectivity index is 1.72. The monoisotopic (exact) mass is 435 g/mol. The van der Waals surface area contributed by atoms with Gasteiger partial charge in [0, 0.05) is 17.1 Å². The van der Waals surface area contributed by atoms with E-state index >= 15 is 0 Å². The lowest BCUT2D eigenvalue weighted by Gasteiger charge is -2.27. The fourth-order valence-electron chi connectivity index (χ4n) is 3.76. The minimum absolute atomic E-state index is 0.0162. The molecule has 0 saturated carbocycles. The standard InChI is InChI=1S/C25H19ClFNO3/c26-18-9-13-20(14-10-18)28-23(17-7-11-19(27)12-8-17)22(24(30)25(28)31)21(29)15-6-16-4-2-1-3-5-16/h1-5,7-14,23,30H,6,15H2. The zero-order valence-electron chi connectivity index (χ0n) is 16.5. The number of Topliss-reactive ketones (excluding diaryl/α,β-unsaturated/α-hetero) is 1. The van der Waals surface area contributed by atoms with Crippen LogP contribution in [0, 0.1) is 5.82 Å². The van der Waals surface area contributed by atoms with Crippen LogP contribution in [0.3, 0.4) is 0 Å². The first-order chi connectivity index (χ1) is 15.0. The van der Waals surface area contributed by atoms with Crippen molar-refractivity contribution < 1.29 is 19.1 Å². The summed E-state index contributed by atoms with van der Waals surface area (Å²) in [5, 5.41) is 11.2. The van der Waals surface area contributed by atoms with Crippen LogP contribution in [0.5, 0.6) is 0 Å². The van der Waals surface area contributed by atoms with Crippen molar-refractivity contribution in [2.45, 2.75) is 18.9 Å². The molecule has 0 fully saturated rings. The molecule has 3 aromatic rings. The van der Waals surface area contributed by atoms with E-state index in [1.54, 1.807) is 24.3 Å². The SMILES string of the molecule is O=C(CCc1ccccc1)C1=C(O)C(=O)N(c2ccc(Cl)cc2)C1c1ccc(F)cc1. The van der Waals surface area contributed by atoms with Gasteiger partial charge in [0.15, 0.2) is 11.5 Å². The van der Waals surface area contributed by atoms with E-state index in [1.807, 2.05) is 30.3 Å². The number of hydrogen-bond acceptors (Lipinski definition) is 3. The van der Waals surface area contributed by atoms with Crippen molar-refractivity contribution in [3.63, 3.8) is 0 Å². The van der Waals surface area contributed by atoms with Crippen LogP contribution < -0.4 is 4.90 Å². The van der Waals surface area contributed by atoms with Gasteiger partial charge in [-0.25, -0.2) is 4.39 Å². The lowest BCUT2D eigenvalue weighted by atomic mass is 9.93. The molecule has 0 spiro atoms. The Kier molecular flexibility index (Phi) is 5.87. The molecule has 1 unspecified atom stereocenters. The van der Waals surface area contributed by atoms with Gasteiger partial charge in [0.05, 0.1) is 11.6 Å². The minimum Gasteiger partial charge on any atom is -0.503 e. The average molecular weight is 436 g/mol. The number of rotatable bonds is 6.